The minimum absolute atomic E-state index is 0.212. The van der Waals surface area contributed by atoms with Crippen LogP contribution in [0.2, 0.25) is 0 Å². The summed E-state index contributed by atoms with van der Waals surface area (Å²) in [6, 6.07) is 12.8. The lowest BCUT2D eigenvalue weighted by Gasteiger charge is -2.07. The average molecular weight is 399 g/mol. The maximum atomic E-state index is 6.37. The van der Waals surface area contributed by atoms with Crippen LogP contribution >= 0.6 is 11.6 Å². The highest BCUT2D eigenvalue weighted by Crippen LogP contribution is 2.32. The van der Waals surface area contributed by atoms with Gasteiger partial charge in [-0.15, -0.1) is 0 Å². The fraction of sp³-hybridized carbons (Fsp3) is 0.143. The Morgan fingerprint density at radius 3 is 2.71 bits per heavy atom. The molecule has 144 valence electrons. The maximum absolute atomic E-state index is 6.37. The third-order valence-corrected chi connectivity index (χ3v) is 4.06. The Hall–Kier alpha value is -3.25. The van der Waals surface area contributed by atoms with Crippen LogP contribution in [0.1, 0.15) is 11.5 Å². The second kappa shape index (κ2) is 9.10. The van der Waals surface area contributed by atoms with Crippen LogP contribution in [0, 0.1) is 0 Å². The Bertz CT molecular complexity index is 998. The lowest BCUT2D eigenvalue weighted by atomic mass is 10.2. The van der Waals surface area contributed by atoms with E-state index in [0.29, 0.717) is 29.0 Å². The van der Waals surface area contributed by atoms with Crippen LogP contribution in [0.25, 0.3) is 22.5 Å². The predicted molar refractivity (Wildman–Crippen MR) is 109 cm³/mol. The number of hydrogen-bond acceptors (Lipinski definition) is 6. The van der Waals surface area contributed by atoms with Gasteiger partial charge in [0, 0.05) is 5.56 Å². The number of halogens is 1. The highest BCUT2D eigenvalue weighted by Gasteiger charge is 2.14. The number of ether oxygens (including phenoxy) is 3. The van der Waals surface area contributed by atoms with Crippen LogP contribution in [0.15, 0.2) is 59.6 Å². The first-order valence-electron chi connectivity index (χ1n) is 8.42. The van der Waals surface area contributed by atoms with Gasteiger partial charge >= 0.3 is 0 Å². The van der Waals surface area contributed by atoms with Crippen molar-refractivity contribution in [1.29, 1.82) is 0 Å². The van der Waals surface area contributed by atoms with Crippen molar-refractivity contribution >= 4 is 22.7 Å². The zero-order valence-corrected chi connectivity index (χ0v) is 16.3. The Kier molecular flexibility index (Phi) is 6.34. The SMILES string of the molecule is C=CCOc1cccc(/C=C(\Cl)c2nc(-c3ccc(OC)c(OC)c3)no2)c1. The number of benzene rings is 2. The molecule has 0 aliphatic heterocycles. The van der Waals surface area contributed by atoms with Gasteiger partial charge in [-0.1, -0.05) is 41.5 Å². The molecule has 0 unspecified atom stereocenters. The normalized spacial score (nSPS) is 11.2. The van der Waals surface area contributed by atoms with E-state index >= 15 is 0 Å². The molecule has 0 spiro atoms. The molecule has 0 aliphatic rings. The van der Waals surface area contributed by atoms with Gasteiger partial charge < -0.3 is 18.7 Å². The van der Waals surface area contributed by atoms with Crippen molar-refractivity contribution in [2.24, 2.45) is 0 Å². The van der Waals surface area contributed by atoms with Crippen molar-refractivity contribution in [2.75, 3.05) is 20.8 Å². The quantitative estimate of drug-likeness (QED) is 0.494. The number of methoxy groups -OCH3 is 2. The Balaban J connectivity index is 1.83. The molecule has 0 aliphatic carbocycles. The summed E-state index contributed by atoms with van der Waals surface area (Å²) in [5, 5.41) is 4.31. The van der Waals surface area contributed by atoms with E-state index in [-0.39, 0.29) is 5.89 Å². The zero-order chi connectivity index (χ0) is 19.9. The minimum atomic E-state index is 0.212. The van der Waals surface area contributed by atoms with Gasteiger partial charge in [0.05, 0.1) is 14.2 Å². The molecule has 0 saturated carbocycles. The van der Waals surface area contributed by atoms with Crippen molar-refractivity contribution in [3.63, 3.8) is 0 Å². The van der Waals surface area contributed by atoms with Gasteiger partial charge in [0.25, 0.3) is 5.89 Å². The van der Waals surface area contributed by atoms with E-state index in [4.69, 9.17) is 30.3 Å². The molecule has 0 atom stereocenters. The molecule has 0 N–H and O–H groups in total. The van der Waals surface area contributed by atoms with Crippen LogP contribution < -0.4 is 14.2 Å². The van der Waals surface area contributed by atoms with Crippen LogP contribution in [0.4, 0.5) is 0 Å². The molecular weight excluding hydrogens is 380 g/mol. The molecule has 0 saturated heterocycles. The molecule has 1 heterocycles. The lowest BCUT2D eigenvalue weighted by Crippen LogP contribution is -1.92. The summed E-state index contributed by atoms with van der Waals surface area (Å²) < 4.78 is 21.4. The van der Waals surface area contributed by atoms with Crippen LogP contribution in [0.3, 0.4) is 0 Å². The van der Waals surface area contributed by atoms with E-state index < -0.39 is 0 Å². The summed E-state index contributed by atoms with van der Waals surface area (Å²) in [4.78, 5) is 4.36. The van der Waals surface area contributed by atoms with Gasteiger partial charge in [-0.2, -0.15) is 4.98 Å². The highest BCUT2D eigenvalue weighted by atomic mass is 35.5. The van der Waals surface area contributed by atoms with E-state index in [9.17, 15) is 0 Å². The van der Waals surface area contributed by atoms with E-state index in [2.05, 4.69) is 16.7 Å². The Labute approximate surface area is 168 Å². The van der Waals surface area contributed by atoms with Crippen molar-refractivity contribution in [3.8, 4) is 28.6 Å². The second-order valence-corrected chi connectivity index (χ2v) is 6.06. The number of aromatic nitrogens is 2. The molecule has 0 fully saturated rings. The molecule has 7 heteroatoms. The number of rotatable bonds is 8. The summed E-state index contributed by atoms with van der Waals surface area (Å²) in [7, 11) is 3.14. The van der Waals surface area contributed by atoms with Crippen LogP contribution in [-0.2, 0) is 0 Å². The number of nitrogens with zero attached hydrogens (tertiary/aromatic N) is 2. The third kappa shape index (κ3) is 4.53. The molecule has 6 nitrogen and oxygen atoms in total. The summed E-state index contributed by atoms with van der Waals surface area (Å²) in [5.41, 5.74) is 1.56. The molecule has 0 bridgehead atoms. The van der Waals surface area contributed by atoms with Gasteiger partial charge in [0.1, 0.15) is 17.4 Å². The Morgan fingerprint density at radius 1 is 1.14 bits per heavy atom. The average Bonchev–Trinajstić information content (AvgIpc) is 3.22. The predicted octanol–water partition coefficient (Wildman–Crippen LogP) is 5.06. The lowest BCUT2D eigenvalue weighted by molar-refractivity contribution is 0.355. The van der Waals surface area contributed by atoms with Crippen LogP contribution in [0.5, 0.6) is 17.2 Å². The number of hydrogen-bond donors (Lipinski definition) is 0. The first-order chi connectivity index (χ1) is 13.6. The summed E-state index contributed by atoms with van der Waals surface area (Å²) in [6.07, 6.45) is 3.41. The summed E-state index contributed by atoms with van der Waals surface area (Å²) >= 11 is 6.37. The fourth-order valence-electron chi connectivity index (χ4n) is 2.47. The molecule has 0 amide bonds. The van der Waals surface area contributed by atoms with Crippen molar-refractivity contribution in [1.82, 2.24) is 10.1 Å². The van der Waals surface area contributed by atoms with Gasteiger partial charge in [0.2, 0.25) is 5.82 Å². The molecule has 0 radical (unpaired) electrons. The Morgan fingerprint density at radius 2 is 1.96 bits per heavy atom. The first kappa shape index (κ1) is 19.5. The summed E-state index contributed by atoms with van der Waals surface area (Å²) in [5.74, 6) is 2.51. The van der Waals surface area contributed by atoms with E-state index in [1.54, 1.807) is 38.5 Å². The largest absolute Gasteiger partial charge is 0.493 e. The fourth-order valence-corrected chi connectivity index (χ4v) is 2.67. The maximum Gasteiger partial charge on any atom is 0.269 e. The summed E-state index contributed by atoms with van der Waals surface area (Å²) in [6.45, 7) is 4.06. The van der Waals surface area contributed by atoms with Gasteiger partial charge in [-0.3, -0.25) is 0 Å². The molecule has 3 rings (SSSR count). The van der Waals surface area contributed by atoms with Gasteiger partial charge in [0.15, 0.2) is 11.5 Å². The van der Waals surface area contributed by atoms with Crippen molar-refractivity contribution < 1.29 is 18.7 Å². The van der Waals surface area contributed by atoms with Crippen molar-refractivity contribution in [3.05, 3.63) is 66.6 Å². The smallest absolute Gasteiger partial charge is 0.269 e. The van der Waals surface area contributed by atoms with Crippen molar-refractivity contribution in [2.45, 2.75) is 0 Å². The first-order valence-corrected chi connectivity index (χ1v) is 8.80. The monoisotopic (exact) mass is 398 g/mol. The van der Waals surface area contributed by atoms with Gasteiger partial charge in [-0.05, 0) is 42.0 Å². The molecular formula is C21H19ClN2O4. The molecule has 1 aromatic heterocycles. The molecule has 28 heavy (non-hydrogen) atoms. The standard InChI is InChI=1S/C21H19ClN2O4/c1-4-10-27-16-7-5-6-14(11-16)12-17(22)21-23-20(24-28-21)15-8-9-18(25-2)19(13-15)26-3/h4-9,11-13H,1,10H2,2-3H3/b17-12-. The molecule has 2 aromatic carbocycles. The minimum Gasteiger partial charge on any atom is -0.493 e. The van der Waals surface area contributed by atoms with Gasteiger partial charge in [-0.25, -0.2) is 0 Å². The second-order valence-electron chi connectivity index (χ2n) is 5.66. The third-order valence-electron chi connectivity index (χ3n) is 3.79. The van der Waals surface area contributed by atoms with E-state index in [1.165, 1.54) is 0 Å². The van der Waals surface area contributed by atoms with E-state index in [0.717, 1.165) is 16.9 Å². The van der Waals surface area contributed by atoms with E-state index in [1.807, 2.05) is 30.3 Å². The molecule has 3 aromatic rings. The highest BCUT2D eigenvalue weighted by molar-refractivity contribution is 6.50. The van der Waals surface area contributed by atoms with Crippen LogP contribution in [-0.4, -0.2) is 31.0 Å². The topological polar surface area (TPSA) is 66.6 Å². The zero-order valence-electron chi connectivity index (χ0n) is 15.5.